The van der Waals surface area contributed by atoms with Gasteiger partial charge in [-0.25, -0.2) is 0 Å². The molecule has 0 radical (unpaired) electrons. The molecule has 0 aliphatic rings. The monoisotopic (exact) mass is 209 g/mol. The highest BCUT2D eigenvalue weighted by Gasteiger charge is 2.01. The van der Waals surface area contributed by atoms with Gasteiger partial charge in [0.15, 0.2) is 0 Å². The van der Waals surface area contributed by atoms with Crippen LogP contribution in [0.4, 0.5) is 0 Å². The largest absolute Gasteiger partial charge is 0.340 e. The van der Waals surface area contributed by atoms with Gasteiger partial charge in [-0.2, -0.15) is 0 Å². The third-order valence-electron chi connectivity index (χ3n) is 2.22. The quantitative estimate of drug-likeness (QED) is 0.466. The molecule has 0 aromatic heterocycles. The fourth-order valence-corrected chi connectivity index (χ4v) is 1.28. The number of rotatable bonds is 7. The minimum absolute atomic E-state index is 0.146. The highest BCUT2D eigenvalue weighted by atomic mass is 16.2. The summed E-state index contributed by atoms with van der Waals surface area (Å²) >= 11 is 0. The van der Waals surface area contributed by atoms with E-state index in [1.807, 2.05) is 11.8 Å². The third kappa shape index (κ3) is 7.98. The van der Waals surface area contributed by atoms with Gasteiger partial charge in [-0.05, 0) is 26.2 Å². The number of nitrogens with zero attached hydrogens (tertiary/aromatic N) is 1. The first-order valence-corrected chi connectivity index (χ1v) is 5.77. The summed E-state index contributed by atoms with van der Waals surface area (Å²) in [4.78, 5) is 12.9. The lowest BCUT2D eigenvalue weighted by Crippen LogP contribution is -2.28. The van der Waals surface area contributed by atoms with Crippen molar-refractivity contribution in [2.75, 3.05) is 13.1 Å². The summed E-state index contributed by atoms with van der Waals surface area (Å²) in [6.45, 7) is 7.28. The third-order valence-corrected chi connectivity index (χ3v) is 2.22. The topological polar surface area (TPSA) is 20.3 Å². The van der Waals surface area contributed by atoms with Crippen molar-refractivity contribution < 1.29 is 4.79 Å². The predicted octanol–water partition coefficient (Wildman–Crippen LogP) is 3.16. The summed E-state index contributed by atoms with van der Waals surface area (Å²) in [6.07, 6.45) is 11.9. The first-order chi connectivity index (χ1) is 7.22. The standard InChI is InChI=1S/C13H23NO/c1-4-6-7-8-9-10-11-12-14(5-2)13(3)15/h6-7,10-11H,4-5,8-9,12H2,1-3H3/b7-6-,11-10+. The normalized spacial score (nSPS) is 11.4. The zero-order valence-corrected chi connectivity index (χ0v) is 10.2. The number of amides is 1. The molecule has 0 bridgehead atoms. The molecule has 0 heterocycles. The van der Waals surface area contributed by atoms with E-state index in [2.05, 4.69) is 31.2 Å². The van der Waals surface area contributed by atoms with Gasteiger partial charge in [0.25, 0.3) is 0 Å². The number of hydrogen-bond acceptors (Lipinski definition) is 1. The Morgan fingerprint density at radius 2 is 1.67 bits per heavy atom. The van der Waals surface area contributed by atoms with Crippen LogP contribution in [0.2, 0.25) is 0 Å². The minimum atomic E-state index is 0.146. The van der Waals surface area contributed by atoms with Crippen LogP contribution in [0.5, 0.6) is 0 Å². The molecule has 15 heavy (non-hydrogen) atoms. The number of likely N-dealkylation sites (N-methyl/N-ethyl adjacent to an activating group) is 1. The Morgan fingerprint density at radius 3 is 2.13 bits per heavy atom. The number of hydrogen-bond donors (Lipinski definition) is 0. The fourth-order valence-electron chi connectivity index (χ4n) is 1.28. The van der Waals surface area contributed by atoms with Crippen LogP contribution in [0.15, 0.2) is 24.3 Å². The molecule has 0 aromatic rings. The molecule has 0 saturated heterocycles. The molecule has 0 atom stereocenters. The molecule has 2 nitrogen and oxygen atoms in total. The van der Waals surface area contributed by atoms with E-state index >= 15 is 0 Å². The Balaban J connectivity index is 3.60. The maximum Gasteiger partial charge on any atom is 0.219 e. The Bertz CT molecular complexity index is 219. The molecule has 0 N–H and O–H groups in total. The summed E-state index contributed by atoms with van der Waals surface area (Å²) in [5, 5.41) is 0. The van der Waals surface area contributed by atoms with Gasteiger partial charge < -0.3 is 4.90 Å². The Kier molecular flexibility index (Phi) is 8.84. The zero-order valence-electron chi connectivity index (χ0n) is 10.2. The second-order valence-electron chi connectivity index (χ2n) is 3.49. The van der Waals surface area contributed by atoms with Crippen molar-refractivity contribution in [2.45, 2.75) is 40.0 Å². The van der Waals surface area contributed by atoms with E-state index in [-0.39, 0.29) is 5.91 Å². The average molecular weight is 209 g/mol. The molecule has 0 aliphatic carbocycles. The molecule has 0 fully saturated rings. The van der Waals surface area contributed by atoms with E-state index < -0.39 is 0 Å². The average Bonchev–Trinajstić information content (AvgIpc) is 2.21. The van der Waals surface area contributed by atoms with Crippen molar-refractivity contribution in [3.05, 3.63) is 24.3 Å². The molecule has 0 unspecified atom stereocenters. The zero-order chi connectivity index (χ0) is 11.5. The first kappa shape index (κ1) is 13.9. The number of allylic oxidation sites excluding steroid dienone is 3. The molecule has 1 amide bonds. The summed E-state index contributed by atoms with van der Waals surface area (Å²) in [6, 6.07) is 0. The summed E-state index contributed by atoms with van der Waals surface area (Å²) < 4.78 is 0. The van der Waals surface area contributed by atoms with E-state index in [0.29, 0.717) is 0 Å². The van der Waals surface area contributed by atoms with Gasteiger partial charge in [0.05, 0.1) is 0 Å². The molecule has 0 rings (SSSR count). The van der Waals surface area contributed by atoms with Crippen molar-refractivity contribution in [3.63, 3.8) is 0 Å². The van der Waals surface area contributed by atoms with E-state index in [0.717, 1.165) is 32.4 Å². The van der Waals surface area contributed by atoms with Gasteiger partial charge in [-0.3, -0.25) is 4.79 Å². The SMILES string of the molecule is CC/C=C\CC/C=C/CN(CC)C(C)=O. The molecule has 0 spiro atoms. The van der Waals surface area contributed by atoms with Crippen LogP contribution in [-0.4, -0.2) is 23.9 Å². The maximum absolute atomic E-state index is 11.1. The van der Waals surface area contributed by atoms with Gasteiger partial charge in [-0.15, -0.1) is 0 Å². The lowest BCUT2D eigenvalue weighted by molar-refractivity contribution is -0.128. The number of unbranched alkanes of at least 4 members (excludes halogenated alkanes) is 1. The van der Waals surface area contributed by atoms with Crippen molar-refractivity contribution >= 4 is 5.91 Å². The lowest BCUT2D eigenvalue weighted by Gasteiger charge is -2.15. The summed E-state index contributed by atoms with van der Waals surface area (Å²) in [5.74, 6) is 0.146. The van der Waals surface area contributed by atoms with Crippen LogP contribution in [0.25, 0.3) is 0 Å². The molecule has 0 saturated carbocycles. The molecule has 2 heteroatoms. The van der Waals surface area contributed by atoms with E-state index in [1.54, 1.807) is 6.92 Å². The summed E-state index contributed by atoms with van der Waals surface area (Å²) in [5.41, 5.74) is 0. The van der Waals surface area contributed by atoms with E-state index in [9.17, 15) is 4.79 Å². The second kappa shape index (κ2) is 9.50. The predicted molar refractivity (Wildman–Crippen MR) is 65.7 cm³/mol. The lowest BCUT2D eigenvalue weighted by atomic mass is 10.2. The van der Waals surface area contributed by atoms with E-state index in [1.165, 1.54) is 0 Å². The van der Waals surface area contributed by atoms with Gasteiger partial charge >= 0.3 is 0 Å². The van der Waals surface area contributed by atoms with Crippen LogP contribution in [-0.2, 0) is 4.79 Å². The van der Waals surface area contributed by atoms with E-state index in [4.69, 9.17) is 0 Å². The summed E-state index contributed by atoms with van der Waals surface area (Å²) in [7, 11) is 0. The highest BCUT2D eigenvalue weighted by Crippen LogP contribution is 1.95. The van der Waals surface area contributed by atoms with Crippen molar-refractivity contribution in [1.29, 1.82) is 0 Å². The van der Waals surface area contributed by atoms with Crippen molar-refractivity contribution in [3.8, 4) is 0 Å². The van der Waals surface area contributed by atoms with Gasteiger partial charge in [-0.1, -0.05) is 31.2 Å². The minimum Gasteiger partial charge on any atom is -0.340 e. The van der Waals surface area contributed by atoms with Gasteiger partial charge in [0, 0.05) is 20.0 Å². The fraction of sp³-hybridized carbons (Fsp3) is 0.615. The van der Waals surface area contributed by atoms with Crippen LogP contribution in [0, 0.1) is 0 Å². The van der Waals surface area contributed by atoms with Crippen LogP contribution in [0.1, 0.15) is 40.0 Å². The van der Waals surface area contributed by atoms with Gasteiger partial charge in [0.2, 0.25) is 5.91 Å². The molecular weight excluding hydrogens is 186 g/mol. The number of carbonyl (C=O) groups excluding carboxylic acids is 1. The Morgan fingerprint density at radius 1 is 1.07 bits per heavy atom. The molecule has 86 valence electrons. The van der Waals surface area contributed by atoms with Crippen LogP contribution >= 0.6 is 0 Å². The second-order valence-corrected chi connectivity index (χ2v) is 3.49. The highest BCUT2D eigenvalue weighted by molar-refractivity contribution is 5.73. The van der Waals surface area contributed by atoms with Crippen molar-refractivity contribution in [2.24, 2.45) is 0 Å². The van der Waals surface area contributed by atoms with Crippen LogP contribution < -0.4 is 0 Å². The maximum atomic E-state index is 11.1. The number of carbonyl (C=O) groups is 1. The molecule has 0 aliphatic heterocycles. The Labute approximate surface area is 93.7 Å². The smallest absolute Gasteiger partial charge is 0.219 e. The molecular formula is C13H23NO. The Hall–Kier alpha value is -1.05. The molecule has 0 aromatic carbocycles. The first-order valence-electron chi connectivity index (χ1n) is 5.77. The van der Waals surface area contributed by atoms with Gasteiger partial charge in [0.1, 0.15) is 0 Å². The van der Waals surface area contributed by atoms with Crippen LogP contribution in [0.3, 0.4) is 0 Å². The van der Waals surface area contributed by atoms with Crippen molar-refractivity contribution in [1.82, 2.24) is 4.90 Å².